The SMILES string of the molecule is CCN.CCN.CCN.CCN.[Ti]. The molecular formula is C8H28N4Ti. The van der Waals surface area contributed by atoms with Crippen molar-refractivity contribution in [2.75, 3.05) is 26.2 Å². The summed E-state index contributed by atoms with van der Waals surface area (Å²) in [7, 11) is 0. The van der Waals surface area contributed by atoms with Crippen molar-refractivity contribution in [3.63, 3.8) is 0 Å². The second-order valence-electron chi connectivity index (χ2n) is 1.63. The van der Waals surface area contributed by atoms with Crippen molar-refractivity contribution in [1.29, 1.82) is 0 Å². The molecule has 84 valence electrons. The Hall–Kier alpha value is 0.554. The third kappa shape index (κ3) is 4550. The molecule has 4 nitrogen and oxygen atoms in total. The Kier molecular flexibility index (Phi) is 181. The van der Waals surface area contributed by atoms with E-state index in [1.165, 1.54) is 0 Å². The summed E-state index contributed by atoms with van der Waals surface area (Å²) in [6.45, 7) is 10.6. The summed E-state index contributed by atoms with van der Waals surface area (Å²) in [5.74, 6) is 0. The van der Waals surface area contributed by atoms with E-state index in [1.54, 1.807) is 0 Å². The summed E-state index contributed by atoms with van der Waals surface area (Å²) in [5.41, 5.74) is 19.4. The largest absolute Gasteiger partial charge is 0.331 e. The van der Waals surface area contributed by atoms with Crippen LogP contribution in [0.2, 0.25) is 0 Å². The second kappa shape index (κ2) is 80.8. The predicted octanol–water partition coefficient (Wildman–Crippen LogP) is -0.142. The average molecular weight is 228 g/mol. The minimum Gasteiger partial charge on any atom is -0.331 e. The van der Waals surface area contributed by atoms with Crippen molar-refractivity contribution in [1.82, 2.24) is 0 Å². The molecule has 0 aliphatic heterocycles. The van der Waals surface area contributed by atoms with Crippen LogP contribution in [0.1, 0.15) is 27.7 Å². The van der Waals surface area contributed by atoms with E-state index in [4.69, 9.17) is 22.9 Å². The van der Waals surface area contributed by atoms with Crippen LogP contribution in [0.3, 0.4) is 0 Å². The van der Waals surface area contributed by atoms with Gasteiger partial charge in [0.2, 0.25) is 0 Å². The summed E-state index contributed by atoms with van der Waals surface area (Å²) in [6.07, 6.45) is 0. The van der Waals surface area contributed by atoms with Crippen molar-refractivity contribution in [3.05, 3.63) is 0 Å². The van der Waals surface area contributed by atoms with Crippen LogP contribution in [-0.2, 0) is 21.7 Å². The smallest absolute Gasteiger partial charge is 0 e. The first-order chi connectivity index (χ1) is 5.66. The van der Waals surface area contributed by atoms with E-state index in [0.717, 1.165) is 26.2 Å². The third-order valence-corrected chi connectivity index (χ3v) is 0. The molecule has 5 heteroatoms. The second-order valence-corrected chi connectivity index (χ2v) is 1.63. The topological polar surface area (TPSA) is 104 Å². The van der Waals surface area contributed by atoms with Gasteiger partial charge in [0.25, 0.3) is 0 Å². The van der Waals surface area contributed by atoms with E-state index in [-0.39, 0.29) is 21.7 Å². The molecule has 0 spiro atoms. The van der Waals surface area contributed by atoms with Crippen molar-refractivity contribution in [3.8, 4) is 0 Å². The van der Waals surface area contributed by atoms with E-state index >= 15 is 0 Å². The molecule has 0 saturated carbocycles. The van der Waals surface area contributed by atoms with Gasteiger partial charge in [-0.2, -0.15) is 0 Å². The standard InChI is InChI=1S/4C2H7N.Ti/c4*1-2-3;/h4*2-3H2,1H3;. The molecule has 0 aromatic heterocycles. The minimum atomic E-state index is 0. The van der Waals surface area contributed by atoms with Crippen LogP contribution in [0.4, 0.5) is 0 Å². The zero-order chi connectivity index (χ0) is 10.8. The van der Waals surface area contributed by atoms with Crippen molar-refractivity contribution >= 4 is 0 Å². The minimum absolute atomic E-state index is 0. The summed E-state index contributed by atoms with van der Waals surface area (Å²) in [6, 6.07) is 0. The molecule has 0 aromatic carbocycles. The Morgan fingerprint density at radius 1 is 0.538 bits per heavy atom. The van der Waals surface area contributed by atoms with Gasteiger partial charge >= 0.3 is 0 Å². The van der Waals surface area contributed by atoms with Gasteiger partial charge in [-0.1, -0.05) is 27.7 Å². The summed E-state index contributed by atoms with van der Waals surface area (Å²) >= 11 is 0. The van der Waals surface area contributed by atoms with Crippen molar-refractivity contribution < 1.29 is 21.7 Å². The average Bonchev–Trinajstić information content (AvgIpc) is 1.92. The Morgan fingerprint density at radius 2 is 0.538 bits per heavy atom. The fourth-order valence-corrected chi connectivity index (χ4v) is 0. The Balaban J connectivity index is -0.0000000213. The summed E-state index contributed by atoms with van der Waals surface area (Å²) in [4.78, 5) is 0. The first kappa shape index (κ1) is 29.2. The Bertz CT molecular complexity index is 24.1. The van der Waals surface area contributed by atoms with Crippen LogP contribution in [0, 0.1) is 0 Å². The van der Waals surface area contributed by atoms with Gasteiger partial charge in [0, 0.05) is 21.7 Å². The van der Waals surface area contributed by atoms with E-state index < -0.39 is 0 Å². The quantitative estimate of drug-likeness (QED) is 0.433. The van der Waals surface area contributed by atoms with Gasteiger partial charge in [0.15, 0.2) is 0 Å². The molecule has 0 rings (SSSR count). The number of hydrogen-bond donors (Lipinski definition) is 4. The molecule has 0 aromatic rings. The molecule has 13 heavy (non-hydrogen) atoms. The number of nitrogens with two attached hydrogens (primary N) is 4. The molecule has 8 N–H and O–H groups in total. The van der Waals surface area contributed by atoms with Gasteiger partial charge in [0.1, 0.15) is 0 Å². The van der Waals surface area contributed by atoms with Crippen molar-refractivity contribution in [2.24, 2.45) is 22.9 Å². The van der Waals surface area contributed by atoms with Crippen LogP contribution in [0.5, 0.6) is 0 Å². The summed E-state index contributed by atoms with van der Waals surface area (Å²) < 4.78 is 0. The molecule has 0 aliphatic carbocycles. The zero-order valence-electron chi connectivity index (χ0n) is 9.64. The van der Waals surface area contributed by atoms with E-state index in [9.17, 15) is 0 Å². The maximum atomic E-state index is 4.85. The monoisotopic (exact) mass is 228 g/mol. The molecule has 0 saturated heterocycles. The van der Waals surface area contributed by atoms with Gasteiger partial charge < -0.3 is 22.9 Å². The normalized spacial score (nSPS) is 5.54. The molecule has 0 fully saturated rings. The molecule has 0 bridgehead atoms. The fraction of sp³-hybridized carbons (Fsp3) is 1.00. The van der Waals surface area contributed by atoms with Gasteiger partial charge in [-0.15, -0.1) is 0 Å². The van der Waals surface area contributed by atoms with Crippen LogP contribution in [0.15, 0.2) is 0 Å². The number of hydrogen-bond acceptors (Lipinski definition) is 4. The molecule has 0 radical (unpaired) electrons. The van der Waals surface area contributed by atoms with Gasteiger partial charge in [-0.05, 0) is 26.2 Å². The maximum Gasteiger partial charge on any atom is 0 e. The molecule has 0 aliphatic rings. The van der Waals surface area contributed by atoms with Gasteiger partial charge in [-0.3, -0.25) is 0 Å². The third-order valence-electron chi connectivity index (χ3n) is 0. The fourth-order valence-electron chi connectivity index (χ4n) is 0. The number of rotatable bonds is 0. The van der Waals surface area contributed by atoms with Gasteiger partial charge in [0.05, 0.1) is 0 Å². The van der Waals surface area contributed by atoms with Crippen LogP contribution >= 0.6 is 0 Å². The van der Waals surface area contributed by atoms with Crippen LogP contribution in [0.25, 0.3) is 0 Å². The maximum absolute atomic E-state index is 4.85. The van der Waals surface area contributed by atoms with Crippen molar-refractivity contribution in [2.45, 2.75) is 27.7 Å². The zero-order valence-corrected chi connectivity index (χ0v) is 11.2. The van der Waals surface area contributed by atoms with Crippen LogP contribution < -0.4 is 22.9 Å². The van der Waals surface area contributed by atoms with E-state index in [0.29, 0.717) is 0 Å². The Labute approximate surface area is 98.7 Å². The van der Waals surface area contributed by atoms with Crippen LogP contribution in [-0.4, -0.2) is 26.2 Å². The van der Waals surface area contributed by atoms with E-state index in [2.05, 4.69) is 0 Å². The summed E-state index contributed by atoms with van der Waals surface area (Å²) in [5, 5.41) is 0. The molecule has 0 unspecified atom stereocenters. The Morgan fingerprint density at radius 3 is 0.538 bits per heavy atom. The van der Waals surface area contributed by atoms with E-state index in [1.807, 2.05) is 27.7 Å². The molecule has 0 heterocycles. The first-order valence-corrected chi connectivity index (χ1v) is 4.46. The molecular weight excluding hydrogens is 200 g/mol. The molecule has 0 amide bonds. The van der Waals surface area contributed by atoms with Gasteiger partial charge in [-0.25, -0.2) is 0 Å². The predicted molar refractivity (Wildman–Crippen MR) is 58.9 cm³/mol. The first-order valence-electron chi connectivity index (χ1n) is 4.46. The molecule has 0 atom stereocenters.